The molecule has 0 saturated heterocycles. The van der Waals surface area contributed by atoms with Crippen LogP contribution in [0.1, 0.15) is 12.6 Å². The number of amides is 1. The zero-order valence-electron chi connectivity index (χ0n) is 10.8. The minimum Gasteiger partial charge on any atom is -0.347 e. The van der Waals surface area contributed by atoms with Crippen molar-refractivity contribution in [1.29, 1.82) is 0 Å². The van der Waals surface area contributed by atoms with Crippen molar-refractivity contribution in [2.75, 3.05) is 25.5 Å². The molecule has 0 aliphatic carbocycles. The minimum atomic E-state index is 0.0880. The SMILES string of the molecule is CC1=CCn2nc(C)cc2N1CC(=O)N(C)C. The van der Waals surface area contributed by atoms with Crippen LogP contribution in [0, 0.1) is 6.92 Å². The van der Waals surface area contributed by atoms with Crippen molar-refractivity contribution >= 4 is 11.7 Å². The molecule has 1 aromatic rings. The van der Waals surface area contributed by atoms with Crippen LogP contribution in [0.2, 0.25) is 0 Å². The Balaban J connectivity index is 2.27. The number of aromatic nitrogens is 2. The fraction of sp³-hybridized carbons (Fsp3) is 0.500. The van der Waals surface area contributed by atoms with Crippen LogP contribution >= 0.6 is 0 Å². The first-order valence-corrected chi connectivity index (χ1v) is 5.68. The standard InChI is InChI=1S/C12H18N4O/c1-9-7-11-15(8-12(17)14(3)4)10(2)5-6-16(11)13-9/h5,7H,6,8H2,1-4H3. The minimum absolute atomic E-state index is 0.0880. The highest BCUT2D eigenvalue weighted by Gasteiger charge is 2.21. The number of likely N-dealkylation sites (N-methyl/N-ethyl adjacent to an activating group) is 1. The third-order valence-electron chi connectivity index (χ3n) is 2.93. The second kappa shape index (κ2) is 4.24. The van der Waals surface area contributed by atoms with Gasteiger partial charge in [-0.05, 0) is 19.9 Å². The molecule has 1 aromatic heterocycles. The molecule has 2 rings (SSSR count). The second-order valence-electron chi connectivity index (χ2n) is 4.55. The van der Waals surface area contributed by atoms with Crippen LogP contribution in [-0.4, -0.2) is 41.2 Å². The quantitative estimate of drug-likeness (QED) is 0.766. The number of nitrogens with zero attached hydrogens (tertiary/aromatic N) is 4. The molecule has 0 N–H and O–H groups in total. The number of rotatable bonds is 2. The van der Waals surface area contributed by atoms with Crippen molar-refractivity contribution in [2.24, 2.45) is 0 Å². The van der Waals surface area contributed by atoms with Crippen LogP contribution in [0.3, 0.4) is 0 Å². The van der Waals surface area contributed by atoms with E-state index in [4.69, 9.17) is 0 Å². The summed E-state index contributed by atoms with van der Waals surface area (Å²) in [6.45, 7) is 5.13. The molecule has 0 aromatic carbocycles. The molecule has 1 aliphatic heterocycles. The summed E-state index contributed by atoms with van der Waals surface area (Å²) in [7, 11) is 3.54. The van der Waals surface area contributed by atoms with Gasteiger partial charge in [0.1, 0.15) is 12.4 Å². The normalized spacial score (nSPS) is 14.4. The van der Waals surface area contributed by atoms with Crippen molar-refractivity contribution in [3.05, 3.63) is 23.5 Å². The van der Waals surface area contributed by atoms with Crippen LogP contribution in [0.15, 0.2) is 17.8 Å². The topological polar surface area (TPSA) is 41.4 Å². The fourth-order valence-corrected chi connectivity index (χ4v) is 1.88. The Kier molecular flexibility index (Phi) is 2.92. The average molecular weight is 234 g/mol. The first-order valence-electron chi connectivity index (χ1n) is 5.68. The number of hydrogen-bond donors (Lipinski definition) is 0. The summed E-state index contributed by atoms with van der Waals surface area (Å²) < 4.78 is 1.92. The van der Waals surface area contributed by atoms with E-state index in [9.17, 15) is 4.79 Å². The molecule has 1 amide bonds. The van der Waals surface area contributed by atoms with Gasteiger partial charge in [0.05, 0.1) is 12.2 Å². The highest BCUT2D eigenvalue weighted by Crippen LogP contribution is 2.24. The summed E-state index contributed by atoms with van der Waals surface area (Å²) in [4.78, 5) is 15.4. The monoisotopic (exact) mass is 234 g/mol. The third-order valence-corrected chi connectivity index (χ3v) is 2.93. The molecule has 0 atom stereocenters. The largest absolute Gasteiger partial charge is 0.347 e. The lowest BCUT2D eigenvalue weighted by Crippen LogP contribution is -2.38. The summed E-state index contributed by atoms with van der Waals surface area (Å²) in [5.41, 5.74) is 2.08. The van der Waals surface area contributed by atoms with Crippen molar-refractivity contribution in [3.8, 4) is 0 Å². The van der Waals surface area contributed by atoms with Gasteiger partial charge < -0.3 is 9.80 Å². The van der Waals surface area contributed by atoms with Gasteiger partial charge in [0.2, 0.25) is 5.91 Å². The molecule has 0 radical (unpaired) electrons. The molecule has 0 unspecified atom stereocenters. The van der Waals surface area contributed by atoms with E-state index in [0.717, 1.165) is 23.8 Å². The molecule has 1 aliphatic rings. The predicted molar refractivity (Wildman–Crippen MR) is 66.8 cm³/mol. The number of aryl methyl sites for hydroxylation is 1. The van der Waals surface area contributed by atoms with E-state index in [2.05, 4.69) is 11.2 Å². The Bertz CT molecular complexity index is 473. The maximum atomic E-state index is 11.8. The van der Waals surface area contributed by atoms with Gasteiger partial charge in [-0.25, -0.2) is 4.68 Å². The Hall–Kier alpha value is -1.78. The molecule has 17 heavy (non-hydrogen) atoms. The van der Waals surface area contributed by atoms with Gasteiger partial charge in [0, 0.05) is 25.9 Å². The number of carbonyl (C=O) groups excluding carboxylic acids is 1. The van der Waals surface area contributed by atoms with E-state index in [-0.39, 0.29) is 5.91 Å². The van der Waals surface area contributed by atoms with Gasteiger partial charge >= 0.3 is 0 Å². The van der Waals surface area contributed by atoms with Crippen LogP contribution < -0.4 is 4.90 Å². The van der Waals surface area contributed by atoms with Crippen LogP contribution in [-0.2, 0) is 11.3 Å². The molecule has 5 nitrogen and oxygen atoms in total. The van der Waals surface area contributed by atoms with Gasteiger partial charge in [-0.3, -0.25) is 4.79 Å². The summed E-state index contributed by atoms with van der Waals surface area (Å²) in [5, 5.41) is 4.39. The van der Waals surface area contributed by atoms with Crippen molar-refractivity contribution < 1.29 is 4.79 Å². The zero-order valence-corrected chi connectivity index (χ0v) is 10.8. The maximum Gasteiger partial charge on any atom is 0.242 e. The van der Waals surface area contributed by atoms with Crippen LogP contribution in [0.4, 0.5) is 5.82 Å². The third kappa shape index (κ3) is 2.18. The number of allylic oxidation sites excluding steroid dienone is 2. The number of hydrogen-bond acceptors (Lipinski definition) is 3. The number of carbonyl (C=O) groups is 1. The zero-order chi connectivity index (χ0) is 12.6. The van der Waals surface area contributed by atoms with Gasteiger partial charge in [-0.15, -0.1) is 0 Å². The van der Waals surface area contributed by atoms with E-state index in [1.54, 1.807) is 19.0 Å². The summed E-state index contributed by atoms with van der Waals surface area (Å²) in [6, 6.07) is 2.01. The second-order valence-corrected chi connectivity index (χ2v) is 4.55. The first kappa shape index (κ1) is 11.7. The number of anilines is 1. The first-order chi connectivity index (χ1) is 7.99. The number of fused-ring (bicyclic) bond motifs is 1. The van der Waals surface area contributed by atoms with Crippen molar-refractivity contribution in [1.82, 2.24) is 14.7 Å². The predicted octanol–water partition coefficient (Wildman–Crippen LogP) is 1.00. The molecule has 0 fully saturated rings. The summed E-state index contributed by atoms with van der Waals surface area (Å²) >= 11 is 0. The lowest BCUT2D eigenvalue weighted by Gasteiger charge is -2.29. The fourth-order valence-electron chi connectivity index (χ4n) is 1.88. The Morgan fingerprint density at radius 2 is 2.18 bits per heavy atom. The van der Waals surface area contributed by atoms with Gasteiger partial charge in [-0.1, -0.05) is 0 Å². The van der Waals surface area contributed by atoms with Gasteiger partial charge in [-0.2, -0.15) is 5.10 Å². The molecule has 0 spiro atoms. The molecular weight excluding hydrogens is 216 g/mol. The lowest BCUT2D eigenvalue weighted by atomic mass is 10.3. The van der Waals surface area contributed by atoms with Crippen molar-refractivity contribution in [3.63, 3.8) is 0 Å². The van der Waals surface area contributed by atoms with Crippen LogP contribution in [0.25, 0.3) is 0 Å². The van der Waals surface area contributed by atoms with Gasteiger partial charge in [0.25, 0.3) is 0 Å². The smallest absolute Gasteiger partial charge is 0.242 e. The van der Waals surface area contributed by atoms with E-state index >= 15 is 0 Å². The summed E-state index contributed by atoms with van der Waals surface area (Å²) in [5.74, 6) is 1.09. The van der Waals surface area contributed by atoms with Crippen LogP contribution in [0.5, 0.6) is 0 Å². The van der Waals surface area contributed by atoms with E-state index in [0.29, 0.717) is 6.54 Å². The summed E-state index contributed by atoms with van der Waals surface area (Å²) in [6.07, 6.45) is 2.09. The molecular formula is C12H18N4O. The molecule has 5 heteroatoms. The lowest BCUT2D eigenvalue weighted by molar-refractivity contribution is -0.127. The highest BCUT2D eigenvalue weighted by molar-refractivity contribution is 5.81. The molecule has 2 heterocycles. The molecule has 0 bridgehead atoms. The molecule has 92 valence electrons. The maximum absolute atomic E-state index is 11.8. The molecule has 0 saturated carbocycles. The van der Waals surface area contributed by atoms with Crippen molar-refractivity contribution in [2.45, 2.75) is 20.4 Å². The van der Waals surface area contributed by atoms with E-state index < -0.39 is 0 Å². The van der Waals surface area contributed by atoms with Gasteiger partial charge in [0.15, 0.2) is 0 Å². The Morgan fingerprint density at radius 1 is 1.47 bits per heavy atom. The van der Waals surface area contributed by atoms with E-state index in [1.807, 2.05) is 29.5 Å². The van der Waals surface area contributed by atoms with E-state index in [1.165, 1.54) is 0 Å². The Labute approximate surface area is 101 Å². The highest BCUT2D eigenvalue weighted by atomic mass is 16.2. The average Bonchev–Trinajstić information content (AvgIpc) is 2.63. The Morgan fingerprint density at radius 3 is 2.82 bits per heavy atom.